The maximum atomic E-state index is 9.09. The molecule has 0 fully saturated rings. The molecule has 3 nitrogen and oxygen atoms in total. The van der Waals surface area contributed by atoms with Crippen molar-refractivity contribution in [2.75, 3.05) is 13.2 Å². The van der Waals surface area contributed by atoms with Crippen LogP contribution in [0.1, 0.15) is 32.3 Å². The zero-order chi connectivity index (χ0) is 13.4. The summed E-state index contributed by atoms with van der Waals surface area (Å²) in [6.07, 6.45) is 1.87. The normalized spacial score (nSPS) is 12.4. The molecule has 0 aliphatic heterocycles. The van der Waals surface area contributed by atoms with Crippen molar-refractivity contribution in [3.63, 3.8) is 0 Å². The van der Waals surface area contributed by atoms with E-state index in [1.807, 2.05) is 25.1 Å². The monoisotopic (exact) mass is 271 g/mol. The molecule has 0 saturated carbocycles. The molecule has 1 aromatic carbocycles. The first-order valence-electron chi connectivity index (χ1n) is 6.46. The molecule has 0 amide bonds. The number of aliphatic hydroxyl groups excluding tert-OH is 1. The van der Waals surface area contributed by atoms with Crippen molar-refractivity contribution in [1.29, 1.82) is 0 Å². The number of nitrogens with one attached hydrogen (secondary N) is 1. The topological polar surface area (TPSA) is 41.5 Å². The first-order chi connectivity index (χ1) is 8.71. The standard InChI is InChI=1S/C14H22ClNO2/c1-3-7-18-14-6-5-11(8-13(14)15)9-16-12(4-2)10-17/h5-6,8,12,16-17H,3-4,7,9-10H2,1-2H3/t12-/m0/s1. The van der Waals surface area contributed by atoms with Crippen LogP contribution in [0.3, 0.4) is 0 Å². The summed E-state index contributed by atoms with van der Waals surface area (Å²) in [6.45, 7) is 5.64. The lowest BCUT2D eigenvalue weighted by Gasteiger charge is -2.14. The summed E-state index contributed by atoms with van der Waals surface area (Å²) in [4.78, 5) is 0. The van der Waals surface area contributed by atoms with Gasteiger partial charge in [0.2, 0.25) is 0 Å². The highest BCUT2D eigenvalue weighted by atomic mass is 35.5. The van der Waals surface area contributed by atoms with E-state index in [4.69, 9.17) is 21.4 Å². The molecule has 0 bridgehead atoms. The Kier molecular flexibility index (Phi) is 7.09. The Balaban J connectivity index is 2.55. The van der Waals surface area contributed by atoms with Crippen molar-refractivity contribution < 1.29 is 9.84 Å². The van der Waals surface area contributed by atoms with Gasteiger partial charge in [-0.05, 0) is 30.5 Å². The quantitative estimate of drug-likeness (QED) is 0.764. The van der Waals surface area contributed by atoms with Gasteiger partial charge in [0.05, 0.1) is 18.2 Å². The lowest BCUT2D eigenvalue weighted by Crippen LogP contribution is -2.31. The third kappa shape index (κ3) is 4.84. The van der Waals surface area contributed by atoms with Gasteiger partial charge < -0.3 is 15.2 Å². The first-order valence-corrected chi connectivity index (χ1v) is 6.84. The largest absolute Gasteiger partial charge is 0.492 e. The van der Waals surface area contributed by atoms with Gasteiger partial charge in [-0.15, -0.1) is 0 Å². The van der Waals surface area contributed by atoms with E-state index in [9.17, 15) is 0 Å². The van der Waals surface area contributed by atoms with Crippen LogP contribution in [0.15, 0.2) is 18.2 Å². The first kappa shape index (κ1) is 15.3. The van der Waals surface area contributed by atoms with Gasteiger partial charge in [-0.1, -0.05) is 31.5 Å². The van der Waals surface area contributed by atoms with Crippen LogP contribution in [0.5, 0.6) is 5.75 Å². The van der Waals surface area contributed by atoms with Gasteiger partial charge in [-0.25, -0.2) is 0 Å². The van der Waals surface area contributed by atoms with Crippen LogP contribution in [0, 0.1) is 0 Å². The molecule has 0 spiro atoms. The Labute approximate surface area is 114 Å². The zero-order valence-electron chi connectivity index (χ0n) is 11.1. The molecule has 1 atom stereocenters. The average Bonchev–Trinajstić information content (AvgIpc) is 2.39. The molecule has 0 aliphatic carbocycles. The van der Waals surface area contributed by atoms with Crippen molar-refractivity contribution in [3.05, 3.63) is 28.8 Å². The van der Waals surface area contributed by atoms with Crippen LogP contribution < -0.4 is 10.1 Å². The summed E-state index contributed by atoms with van der Waals surface area (Å²) in [6, 6.07) is 5.94. The Hall–Kier alpha value is -0.770. The van der Waals surface area contributed by atoms with Gasteiger partial charge >= 0.3 is 0 Å². The molecular weight excluding hydrogens is 250 g/mol. The minimum absolute atomic E-state index is 0.139. The Bertz CT molecular complexity index is 354. The second-order valence-electron chi connectivity index (χ2n) is 4.28. The molecule has 0 aromatic heterocycles. The fourth-order valence-corrected chi connectivity index (χ4v) is 1.84. The van der Waals surface area contributed by atoms with E-state index >= 15 is 0 Å². The van der Waals surface area contributed by atoms with Crippen LogP contribution in [-0.4, -0.2) is 24.4 Å². The van der Waals surface area contributed by atoms with E-state index in [1.165, 1.54) is 0 Å². The van der Waals surface area contributed by atoms with E-state index in [0.29, 0.717) is 18.2 Å². The van der Waals surface area contributed by atoms with Gasteiger partial charge in [0.1, 0.15) is 5.75 Å². The zero-order valence-corrected chi connectivity index (χ0v) is 11.8. The second kappa shape index (κ2) is 8.35. The van der Waals surface area contributed by atoms with Crippen LogP contribution in [0.2, 0.25) is 5.02 Å². The number of ether oxygens (including phenoxy) is 1. The number of benzene rings is 1. The van der Waals surface area contributed by atoms with Crippen molar-refractivity contribution in [2.24, 2.45) is 0 Å². The van der Waals surface area contributed by atoms with Gasteiger partial charge in [0.25, 0.3) is 0 Å². The molecule has 102 valence electrons. The van der Waals surface area contributed by atoms with Crippen LogP contribution >= 0.6 is 11.6 Å². The highest BCUT2D eigenvalue weighted by Crippen LogP contribution is 2.25. The second-order valence-corrected chi connectivity index (χ2v) is 4.69. The number of hydrogen-bond donors (Lipinski definition) is 2. The average molecular weight is 272 g/mol. The van der Waals surface area contributed by atoms with Gasteiger partial charge in [-0.2, -0.15) is 0 Å². The lowest BCUT2D eigenvalue weighted by atomic mass is 10.2. The molecule has 0 saturated heterocycles. The molecule has 0 unspecified atom stereocenters. The molecule has 2 N–H and O–H groups in total. The third-order valence-electron chi connectivity index (χ3n) is 2.77. The highest BCUT2D eigenvalue weighted by molar-refractivity contribution is 6.32. The molecule has 0 heterocycles. The molecule has 4 heteroatoms. The number of aliphatic hydroxyl groups is 1. The maximum Gasteiger partial charge on any atom is 0.137 e. The van der Waals surface area contributed by atoms with Crippen molar-refractivity contribution in [1.82, 2.24) is 5.32 Å². The Morgan fingerprint density at radius 2 is 2.17 bits per heavy atom. The molecule has 1 rings (SSSR count). The molecule has 18 heavy (non-hydrogen) atoms. The Morgan fingerprint density at radius 1 is 1.39 bits per heavy atom. The van der Waals surface area contributed by atoms with Crippen molar-refractivity contribution in [2.45, 2.75) is 39.3 Å². The molecule has 0 aliphatic rings. The van der Waals surface area contributed by atoms with E-state index in [1.54, 1.807) is 0 Å². The highest BCUT2D eigenvalue weighted by Gasteiger charge is 2.06. The van der Waals surface area contributed by atoms with E-state index in [-0.39, 0.29) is 12.6 Å². The van der Waals surface area contributed by atoms with E-state index in [2.05, 4.69) is 12.2 Å². The fourth-order valence-electron chi connectivity index (χ4n) is 1.58. The summed E-state index contributed by atoms with van der Waals surface area (Å²) in [5.41, 5.74) is 1.09. The maximum absolute atomic E-state index is 9.09. The van der Waals surface area contributed by atoms with Crippen molar-refractivity contribution >= 4 is 11.6 Å². The predicted molar refractivity (Wildman–Crippen MR) is 75.2 cm³/mol. The SMILES string of the molecule is CCCOc1ccc(CN[C@@H](CC)CO)cc1Cl. The fraction of sp³-hybridized carbons (Fsp3) is 0.571. The summed E-state index contributed by atoms with van der Waals surface area (Å²) in [7, 11) is 0. The molecular formula is C14H22ClNO2. The third-order valence-corrected chi connectivity index (χ3v) is 3.06. The number of hydrogen-bond acceptors (Lipinski definition) is 3. The minimum atomic E-state index is 0.139. The van der Waals surface area contributed by atoms with E-state index in [0.717, 1.165) is 24.2 Å². The van der Waals surface area contributed by atoms with Gasteiger partial charge in [-0.3, -0.25) is 0 Å². The van der Waals surface area contributed by atoms with Crippen LogP contribution in [0.25, 0.3) is 0 Å². The summed E-state index contributed by atoms with van der Waals surface area (Å²) in [5, 5.41) is 13.0. The minimum Gasteiger partial charge on any atom is -0.492 e. The number of halogens is 1. The number of rotatable bonds is 8. The lowest BCUT2D eigenvalue weighted by molar-refractivity contribution is 0.238. The van der Waals surface area contributed by atoms with Crippen molar-refractivity contribution in [3.8, 4) is 5.75 Å². The predicted octanol–water partition coefficient (Wildman–Crippen LogP) is 2.99. The van der Waals surface area contributed by atoms with Crippen LogP contribution in [0.4, 0.5) is 0 Å². The summed E-state index contributed by atoms with van der Waals surface area (Å²) < 4.78 is 5.52. The Morgan fingerprint density at radius 3 is 2.72 bits per heavy atom. The van der Waals surface area contributed by atoms with E-state index < -0.39 is 0 Å². The molecule has 0 radical (unpaired) electrons. The smallest absolute Gasteiger partial charge is 0.137 e. The molecule has 1 aromatic rings. The van der Waals surface area contributed by atoms with Gasteiger partial charge in [0, 0.05) is 12.6 Å². The van der Waals surface area contributed by atoms with Gasteiger partial charge in [0.15, 0.2) is 0 Å². The van der Waals surface area contributed by atoms with Crippen LogP contribution in [-0.2, 0) is 6.54 Å². The summed E-state index contributed by atoms with van der Waals surface area (Å²) >= 11 is 6.15. The summed E-state index contributed by atoms with van der Waals surface area (Å²) in [5.74, 6) is 0.733.